The van der Waals surface area contributed by atoms with Crippen LogP contribution in [0.4, 0.5) is 0 Å². The molecule has 1 N–H and O–H groups in total. The van der Waals surface area contributed by atoms with E-state index in [1.54, 1.807) is 6.08 Å². The van der Waals surface area contributed by atoms with Crippen LogP contribution < -0.4 is 5.32 Å². The van der Waals surface area contributed by atoms with Gasteiger partial charge in [-0.3, -0.25) is 4.79 Å². The lowest BCUT2D eigenvalue weighted by molar-refractivity contribution is -0.104. The molecule has 2 nitrogen and oxygen atoms in total. The SMILES string of the molecule is O=CC=CC(Cc1ccccc1)(Cc1ccccc1)NCc1cccc2ccccc12. The smallest absolute Gasteiger partial charge is 0.142 e. The van der Waals surface area contributed by atoms with Crippen LogP contribution in [0.5, 0.6) is 0 Å². The van der Waals surface area contributed by atoms with Gasteiger partial charge in [-0.05, 0) is 46.4 Å². The lowest BCUT2D eigenvalue weighted by Crippen LogP contribution is -2.47. The number of hydrogen-bond donors (Lipinski definition) is 1. The van der Waals surface area contributed by atoms with Gasteiger partial charge in [-0.2, -0.15) is 0 Å². The molecule has 0 aliphatic heterocycles. The molecule has 4 aromatic carbocycles. The van der Waals surface area contributed by atoms with Crippen LogP contribution in [0.15, 0.2) is 115 Å². The highest BCUT2D eigenvalue weighted by atomic mass is 16.1. The first-order valence-electron chi connectivity index (χ1n) is 10.7. The molecule has 0 bridgehead atoms. The summed E-state index contributed by atoms with van der Waals surface area (Å²) < 4.78 is 0. The predicted octanol–water partition coefficient (Wildman–Crippen LogP) is 5.91. The van der Waals surface area contributed by atoms with Crippen LogP contribution in [0.2, 0.25) is 0 Å². The molecule has 4 aromatic rings. The summed E-state index contributed by atoms with van der Waals surface area (Å²) in [4.78, 5) is 11.3. The van der Waals surface area contributed by atoms with Gasteiger partial charge in [0.25, 0.3) is 0 Å². The zero-order valence-corrected chi connectivity index (χ0v) is 17.6. The van der Waals surface area contributed by atoms with E-state index in [4.69, 9.17) is 0 Å². The van der Waals surface area contributed by atoms with Gasteiger partial charge in [0.15, 0.2) is 0 Å². The normalized spacial score (nSPS) is 11.7. The maximum Gasteiger partial charge on any atom is 0.142 e. The number of nitrogens with one attached hydrogen (secondary N) is 1. The molecular weight excluding hydrogens is 378 g/mol. The van der Waals surface area contributed by atoms with Crippen molar-refractivity contribution < 1.29 is 4.79 Å². The summed E-state index contributed by atoms with van der Waals surface area (Å²) in [7, 11) is 0. The van der Waals surface area contributed by atoms with Crippen LogP contribution >= 0.6 is 0 Å². The Morgan fingerprint density at radius 2 is 1.26 bits per heavy atom. The Morgan fingerprint density at radius 1 is 0.677 bits per heavy atom. The van der Waals surface area contributed by atoms with E-state index in [1.807, 2.05) is 18.2 Å². The van der Waals surface area contributed by atoms with Gasteiger partial charge in [0.05, 0.1) is 0 Å². The van der Waals surface area contributed by atoms with Crippen molar-refractivity contribution >= 4 is 17.1 Å². The van der Waals surface area contributed by atoms with Crippen molar-refractivity contribution in [3.63, 3.8) is 0 Å². The van der Waals surface area contributed by atoms with Crippen molar-refractivity contribution in [1.82, 2.24) is 5.32 Å². The van der Waals surface area contributed by atoms with E-state index in [1.165, 1.54) is 27.5 Å². The summed E-state index contributed by atoms with van der Waals surface area (Å²) in [5.74, 6) is 0. The fraction of sp³-hybridized carbons (Fsp3) is 0.138. The zero-order chi connectivity index (χ0) is 21.4. The Kier molecular flexibility index (Phi) is 6.71. The maximum atomic E-state index is 11.3. The second-order valence-corrected chi connectivity index (χ2v) is 7.97. The quantitative estimate of drug-likeness (QED) is 0.277. The van der Waals surface area contributed by atoms with E-state index >= 15 is 0 Å². The standard InChI is InChI=1S/C29H27NO/c31-20-10-19-29(21-24-11-3-1-4-12-24,22-25-13-5-2-6-14-25)30-23-27-17-9-16-26-15-7-8-18-28(26)27/h1-20,30H,21-23H2. The minimum absolute atomic E-state index is 0.388. The lowest BCUT2D eigenvalue weighted by atomic mass is 9.83. The summed E-state index contributed by atoms with van der Waals surface area (Å²) in [5, 5.41) is 6.32. The predicted molar refractivity (Wildman–Crippen MR) is 129 cm³/mol. The third-order valence-corrected chi connectivity index (χ3v) is 5.73. The molecule has 0 saturated carbocycles. The molecular formula is C29H27NO. The number of hydrogen-bond acceptors (Lipinski definition) is 2. The third kappa shape index (κ3) is 5.36. The molecule has 0 atom stereocenters. The van der Waals surface area contributed by atoms with E-state index in [9.17, 15) is 4.79 Å². The van der Waals surface area contributed by atoms with Crippen molar-refractivity contribution in [1.29, 1.82) is 0 Å². The van der Waals surface area contributed by atoms with Crippen molar-refractivity contribution in [2.24, 2.45) is 0 Å². The highest BCUT2D eigenvalue weighted by Crippen LogP contribution is 2.24. The molecule has 0 aromatic heterocycles. The largest absolute Gasteiger partial charge is 0.303 e. The zero-order valence-electron chi connectivity index (χ0n) is 17.6. The van der Waals surface area contributed by atoms with E-state index in [-0.39, 0.29) is 5.54 Å². The molecule has 0 amide bonds. The van der Waals surface area contributed by atoms with Crippen LogP contribution in [0.1, 0.15) is 16.7 Å². The maximum absolute atomic E-state index is 11.3. The molecule has 154 valence electrons. The summed E-state index contributed by atoms with van der Waals surface area (Å²) >= 11 is 0. The van der Waals surface area contributed by atoms with Gasteiger partial charge in [0.1, 0.15) is 6.29 Å². The second-order valence-electron chi connectivity index (χ2n) is 7.97. The number of benzene rings is 4. The van der Waals surface area contributed by atoms with E-state index < -0.39 is 0 Å². The summed E-state index contributed by atoms with van der Waals surface area (Å²) in [6, 6.07) is 35.8. The van der Waals surface area contributed by atoms with Crippen molar-refractivity contribution in [3.8, 4) is 0 Å². The second kappa shape index (κ2) is 10.0. The molecule has 0 unspecified atom stereocenters. The average molecular weight is 406 g/mol. The lowest BCUT2D eigenvalue weighted by Gasteiger charge is -2.33. The van der Waals surface area contributed by atoms with E-state index in [2.05, 4.69) is 96.3 Å². The summed E-state index contributed by atoms with van der Waals surface area (Å²) in [6.07, 6.45) is 6.10. The number of rotatable bonds is 9. The van der Waals surface area contributed by atoms with Gasteiger partial charge in [-0.15, -0.1) is 0 Å². The number of carbonyl (C=O) groups excluding carboxylic acids is 1. The van der Waals surface area contributed by atoms with E-state index in [0.717, 1.165) is 19.1 Å². The highest BCUT2D eigenvalue weighted by molar-refractivity contribution is 5.85. The van der Waals surface area contributed by atoms with Crippen molar-refractivity contribution in [3.05, 3.63) is 132 Å². The Balaban J connectivity index is 1.70. The third-order valence-electron chi connectivity index (χ3n) is 5.73. The van der Waals surface area contributed by atoms with E-state index in [0.29, 0.717) is 6.54 Å². The summed E-state index contributed by atoms with van der Waals surface area (Å²) in [5.41, 5.74) is 3.34. The molecule has 0 aliphatic carbocycles. The van der Waals surface area contributed by atoms with Gasteiger partial charge < -0.3 is 5.32 Å². The first-order valence-corrected chi connectivity index (χ1v) is 10.7. The monoisotopic (exact) mass is 405 g/mol. The van der Waals surface area contributed by atoms with Crippen LogP contribution in [0, 0.1) is 0 Å². The van der Waals surface area contributed by atoms with Gasteiger partial charge in [0, 0.05) is 12.1 Å². The molecule has 0 heterocycles. The van der Waals surface area contributed by atoms with Crippen LogP contribution in [0.3, 0.4) is 0 Å². The number of carbonyl (C=O) groups is 1. The summed E-state index contributed by atoms with van der Waals surface area (Å²) in [6.45, 7) is 0.713. The highest BCUT2D eigenvalue weighted by Gasteiger charge is 2.27. The molecule has 0 spiro atoms. The van der Waals surface area contributed by atoms with Crippen molar-refractivity contribution in [2.45, 2.75) is 24.9 Å². The molecule has 0 radical (unpaired) electrons. The van der Waals surface area contributed by atoms with Gasteiger partial charge >= 0.3 is 0 Å². The minimum Gasteiger partial charge on any atom is -0.303 e. The fourth-order valence-corrected chi connectivity index (χ4v) is 4.23. The topological polar surface area (TPSA) is 29.1 Å². The first kappa shape index (κ1) is 20.8. The molecule has 4 rings (SSSR count). The van der Waals surface area contributed by atoms with Gasteiger partial charge in [-0.1, -0.05) is 109 Å². The molecule has 31 heavy (non-hydrogen) atoms. The van der Waals surface area contributed by atoms with Crippen LogP contribution in [0.25, 0.3) is 10.8 Å². The minimum atomic E-state index is -0.388. The van der Waals surface area contributed by atoms with Gasteiger partial charge in [-0.25, -0.2) is 0 Å². The molecule has 0 fully saturated rings. The number of allylic oxidation sites excluding steroid dienone is 1. The average Bonchev–Trinajstić information content (AvgIpc) is 2.83. The molecule has 0 saturated heterocycles. The van der Waals surface area contributed by atoms with Gasteiger partial charge in [0.2, 0.25) is 0 Å². The fourth-order valence-electron chi connectivity index (χ4n) is 4.23. The Bertz CT molecular complexity index is 1100. The molecule has 2 heteroatoms. The Labute approximate surface area is 184 Å². The molecule has 0 aliphatic rings. The Hall–Kier alpha value is -3.49. The van der Waals surface area contributed by atoms with Crippen LogP contribution in [-0.2, 0) is 24.2 Å². The van der Waals surface area contributed by atoms with Crippen LogP contribution in [-0.4, -0.2) is 11.8 Å². The number of fused-ring (bicyclic) bond motifs is 1. The first-order chi connectivity index (χ1) is 15.3. The Morgan fingerprint density at radius 3 is 1.90 bits per heavy atom. The van der Waals surface area contributed by atoms with Crippen molar-refractivity contribution in [2.75, 3.05) is 0 Å². The number of aldehydes is 1.